The van der Waals surface area contributed by atoms with Gasteiger partial charge >= 0.3 is 0 Å². The number of hydrogen-bond acceptors (Lipinski definition) is 5. The minimum atomic E-state index is -0.473. The molecule has 0 aliphatic rings. The Hall–Kier alpha value is -3.68. The quantitative estimate of drug-likeness (QED) is 0.452. The first kappa shape index (κ1) is 15.8. The van der Waals surface area contributed by atoms with E-state index in [1.54, 1.807) is 48.1 Å². The summed E-state index contributed by atoms with van der Waals surface area (Å²) in [6.45, 7) is 0.128. The first-order chi connectivity index (χ1) is 12.5. The molecule has 0 atom stereocenters. The van der Waals surface area contributed by atoms with Crippen LogP contribution in [-0.4, -0.2) is 24.4 Å². The Labute approximate surface area is 146 Å². The highest BCUT2D eigenvalue weighted by Crippen LogP contribution is 2.28. The van der Waals surface area contributed by atoms with Gasteiger partial charge in [-0.15, -0.1) is 0 Å². The molecule has 0 saturated carbocycles. The van der Waals surface area contributed by atoms with Crippen molar-refractivity contribution in [3.63, 3.8) is 0 Å². The van der Waals surface area contributed by atoms with Crippen molar-refractivity contribution in [1.29, 1.82) is 0 Å². The summed E-state index contributed by atoms with van der Waals surface area (Å²) < 4.78 is 3.00. The average Bonchev–Trinajstić information content (AvgIpc) is 2.90. The topological polar surface area (TPSA) is 103 Å². The van der Waals surface area contributed by atoms with Gasteiger partial charge in [-0.05, 0) is 17.7 Å². The number of aromatic hydroxyl groups is 1. The number of non-ortho nitro benzene ring substituents is 1. The third-order valence-electron chi connectivity index (χ3n) is 4.44. The van der Waals surface area contributed by atoms with E-state index in [-0.39, 0.29) is 23.5 Å². The monoisotopic (exact) mass is 350 g/mol. The third-order valence-corrected chi connectivity index (χ3v) is 4.44. The number of aryl methyl sites for hydroxylation is 1. The standard InChI is InChI=1S/C18H14N4O4/c1-20-16-8-13(23)5-6-14(16)15-9-19-21(18(24)17(15)20)10-11-3-2-4-12(7-11)22(25)26/h2-9,23H,10H2,1H3. The van der Waals surface area contributed by atoms with Crippen LogP contribution in [0.3, 0.4) is 0 Å². The zero-order chi connectivity index (χ0) is 18.4. The number of fused-ring (bicyclic) bond motifs is 3. The van der Waals surface area contributed by atoms with Crippen LogP contribution in [0.1, 0.15) is 5.56 Å². The second kappa shape index (κ2) is 5.69. The van der Waals surface area contributed by atoms with Gasteiger partial charge in [0.05, 0.1) is 23.2 Å². The highest BCUT2D eigenvalue weighted by molar-refractivity contribution is 6.07. The van der Waals surface area contributed by atoms with Gasteiger partial charge < -0.3 is 9.67 Å². The summed E-state index contributed by atoms with van der Waals surface area (Å²) in [4.78, 5) is 23.4. The third kappa shape index (κ3) is 2.39. The number of hydrogen-bond donors (Lipinski definition) is 1. The second-order valence-electron chi connectivity index (χ2n) is 6.06. The van der Waals surface area contributed by atoms with Crippen LogP contribution in [0, 0.1) is 10.1 Å². The molecule has 0 aliphatic carbocycles. The SMILES string of the molecule is Cn1c2cc(O)ccc2c2cnn(Cc3cccc([N+](=O)[O-])c3)c(=O)c21. The summed E-state index contributed by atoms with van der Waals surface area (Å²) in [6, 6.07) is 11.0. The van der Waals surface area contributed by atoms with E-state index in [4.69, 9.17) is 0 Å². The predicted octanol–water partition coefficient (Wildman–Crippen LogP) is 2.55. The molecular formula is C18H14N4O4. The van der Waals surface area contributed by atoms with Crippen LogP contribution in [0.5, 0.6) is 5.75 Å². The summed E-state index contributed by atoms with van der Waals surface area (Å²) in [5, 5.41) is 26.4. The normalized spacial score (nSPS) is 11.3. The van der Waals surface area contributed by atoms with Crippen molar-refractivity contribution < 1.29 is 10.0 Å². The molecule has 1 N–H and O–H groups in total. The molecule has 2 heterocycles. The lowest BCUT2D eigenvalue weighted by molar-refractivity contribution is -0.384. The number of nitro benzene ring substituents is 1. The molecule has 130 valence electrons. The van der Waals surface area contributed by atoms with Gasteiger partial charge in [0.25, 0.3) is 11.2 Å². The van der Waals surface area contributed by atoms with Gasteiger partial charge in [-0.25, -0.2) is 4.68 Å². The molecule has 0 radical (unpaired) electrons. The van der Waals surface area contributed by atoms with Gasteiger partial charge in [0.1, 0.15) is 11.3 Å². The van der Waals surface area contributed by atoms with Crippen molar-refractivity contribution in [2.45, 2.75) is 6.54 Å². The summed E-state index contributed by atoms with van der Waals surface area (Å²) >= 11 is 0. The van der Waals surface area contributed by atoms with Crippen LogP contribution >= 0.6 is 0 Å². The molecule has 8 heteroatoms. The maximum absolute atomic E-state index is 12.9. The molecule has 0 bridgehead atoms. The summed E-state index contributed by atoms with van der Waals surface area (Å²) in [5.74, 6) is 0.119. The number of aromatic nitrogens is 3. The van der Waals surface area contributed by atoms with Crippen molar-refractivity contribution in [1.82, 2.24) is 14.3 Å². The largest absolute Gasteiger partial charge is 0.508 e. The molecule has 0 amide bonds. The number of phenols is 1. The lowest BCUT2D eigenvalue weighted by Gasteiger charge is -2.05. The van der Waals surface area contributed by atoms with Crippen molar-refractivity contribution in [2.75, 3.05) is 0 Å². The van der Waals surface area contributed by atoms with E-state index in [9.17, 15) is 20.0 Å². The van der Waals surface area contributed by atoms with E-state index in [0.29, 0.717) is 16.5 Å². The molecular weight excluding hydrogens is 336 g/mol. The predicted molar refractivity (Wildman–Crippen MR) is 96.3 cm³/mol. The van der Waals surface area contributed by atoms with Crippen LogP contribution in [0.4, 0.5) is 5.69 Å². The summed E-state index contributed by atoms with van der Waals surface area (Å²) in [6.07, 6.45) is 1.60. The zero-order valence-electron chi connectivity index (χ0n) is 13.8. The minimum absolute atomic E-state index is 0.0308. The maximum Gasteiger partial charge on any atom is 0.291 e. The number of nitro groups is 1. The van der Waals surface area contributed by atoms with E-state index < -0.39 is 4.92 Å². The Bertz CT molecular complexity index is 1240. The van der Waals surface area contributed by atoms with Crippen LogP contribution in [0.15, 0.2) is 53.5 Å². The van der Waals surface area contributed by atoms with Gasteiger partial charge in [0.2, 0.25) is 0 Å². The smallest absolute Gasteiger partial charge is 0.291 e. The van der Waals surface area contributed by atoms with Crippen LogP contribution in [0.25, 0.3) is 21.8 Å². The van der Waals surface area contributed by atoms with Crippen molar-refractivity contribution in [2.24, 2.45) is 7.05 Å². The van der Waals surface area contributed by atoms with Gasteiger partial charge in [0.15, 0.2) is 0 Å². The number of phenolic OH excluding ortho intramolecular Hbond substituents is 1. The van der Waals surface area contributed by atoms with E-state index >= 15 is 0 Å². The fourth-order valence-corrected chi connectivity index (χ4v) is 3.20. The van der Waals surface area contributed by atoms with Gasteiger partial charge in [-0.3, -0.25) is 14.9 Å². The van der Waals surface area contributed by atoms with Crippen LogP contribution < -0.4 is 5.56 Å². The van der Waals surface area contributed by atoms with E-state index in [0.717, 1.165) is 10.9 Å². The molecule has 8 nitrogen and oxygen atoms in total. The van der Waals surface area contributed by atoms with Crippen molar-refractivity contribution >= 4 is 27.5 Å². The fraction of sp³-hybridized carbons (Fsp3) is 0.111. The number of rotatable bonds is 3. The van der Waals surface area contributed by atoms with E-state index in [2.05, 4.69) is 5.10 Å². The second-order valence-corrected chi connectivity index (χ2v) is 6.06. The van der Waals surface area contributed by atoms with Crippen molar-refractivity contribution in [3.8, 4) is 5.75 Å². The Morgan fingerprint density at radius 1 is 1.19 bits per heavy atom. The first-order valence-electron chi connectivity index (χ1n) is 7.86. The molecule has 4 aromatic rings. The zero-order valence-corrected chi connectivity index (χ0v) is 13.8. The lowest BCUT2D eigenvalue weighted by atomic mass is 10.2. The molecule has 0 saturated heterocycles. The molecule has 4 rings (SSSR count). The number of benzene rings is 2. The fourth-order valence-electron chi connectivity index (χ4n) is 3.20. The van der Waals surface area contributed by atoms with Crippen molar-refractivity contribution in [3.05, 3.63) is 74.7 Å². The molecule has 2 aromatic heterocycles. The van der Waals surface area contributed by atoms with Gasteiger partial charge in [-0.2, -0.15) is 5.10 Å². The molecule has 0 unspecified atom stereocenters. The van der Waals surface area contributed by atoms with E-state index in [1.165, 1.54) is 16.8 Å². The molecule has 0 spiro atoms. The van der Waals surface area contributed by atoms with Crippen LogP contribution in [-0.2, 0) is 13.6 Å². The highest BCUT2D eigenvalue weighted by Gasteiger charge is 2.15. The Morgan fingerprint density at radius 3 is 2.77 bits per heavy atom. The number of nitrogens with zero attached hydrogens (tertiary/aromatic N) is 4. The van der Waals surface area contributed by atoms with Gasteiger partial charge in [-0.1, -0.05) is 12.1 Å². The molecule has 0 fully saturated rings. The Morgan fingerprint density at radius 2 is 2.00 bits per heavy atom. The highest BCUT2D eigenvalue weighted by atomic mass is 16.6. The van der Waals surface area contributed by atoms with Crippen LogP contribution in [0.2, 0.25) is 0 Å². The summed E-state index contributed by atoms with van der Waals surface area (Å²) in [5.41, 5.74) is 1.48. The molecule has 2 aromatic carbocycles. The minimum Gasteiger partial charge on any atom is -0.508 e. The molecule has 26 heavy (non-hydrogen) atoms. The maximum atomic E-state index is 12.9. The van der Waals surface area contributed by atoms with E-state index in [1.807, 2.05) is 0 Å². The molecule has 0 aliphatic heterocycles. The average molecular weight is 350 g/mol. The Kier molecular flexibility index (Phi) is 3.47. The first-order valence-corrected chi connectivity index (χ1v) is 7.86. The lowest BCUT2D eigenvalue weighted by Crippen LogP contribution is -2.24. The van der Waals surface area contributed by atoms with Gasteiger partial charge in [0, 0.05) is 36.0 Å². The Balaban J connectivity index is 1.87. The summed E-state index contributed by atoms with van der Waals surface area (Å²) in [7, 11) is 1.75.